The lowest BCUT2D eigenvalue weighted by molar-refractivity contribution is 0.0506. The van der Waals surface area contributed by atoms with E-state index < -0.39 is 11.7 Å². The molecule has 1 aromatic rings. The molecule has 5 nitrogen and oxygen atoms in total. The standard InChI is InChI=1S/C12H18N2O3S/c1-8(13-11(16)17-12(2,3)4)7-10(15)9-5-6-18-14-9/h5-6,8H,7H2,1-4H3,(H,13,16). The minimum absolute atomic E-state index is 0.0835. The van der Waals surface area contributed by atoms with E-state index in [-0.39, 0.29) is 18.2 Å². The summed E-state index contributed by atoms with van der Waals surface area (Å²) in [6, 6.07) is 1.39. The van der Waals surface area contributed by atoms with Crippen molar-refractivity contribution in [3.63, 3.8) is 0 Å². The van der Waals surface area contributed by atoms with Crippen LogP contribution in [0, 0.1) is 0 Å². The summed E-state index contributed by atoms with van der Waals surface area (Å²) in [5.41, 5.74) is -0.0965. The molecule has 0 aliphatic heterocycles. The second-order valence-corrected chi connectivity index (χ2v) is 5.72. The number of nitrogens with zero attached hydrogens (tertiary/aromatic N) is 1. The van der Waals surface area contributed by atoms with Crippen LogP contribution in [0.2, 0.25) is 0 Å². The van der Waals surface area contributed by atoms with Gasteiger partial charge in [-0.3, -0.25) is 4.79 Å². The summed E-state index contributed by atoms with van der Waals surface area (Å²) in [6.45, 7) is 7.13. The molecule has 1 unspecified atom stereocenters. The first kappa shape index (κ1) is 14.6. The maximum atomic E-state index is 11.7. The van der Waals surface area contributed by atoms with Gasteiger partial charge in [0.05, 0.1) is 0 Å². The molecule has 1 aromatic heterocycles. The first-order valence-corrected chi connectivity index (χ1v) is 6.54. The van der Waals surface area contributed by atoms with Crippen LogP contribution < -0.4 is 5.32 Å². The zero-order chi connectivity index (χ0) is 13.8. The van der Waals surface area contributed by atoms with Crippen molar-refractivity contribution in [1.29, 1.82) is 0 Å². The fraction of sp³-hybridized carbons (Fsp3) is 0.583. The topological polar surface area (TPSA) is 68.3 Å². The third-order valence-electron chi connectivity index (χ3n) is 1.98. The van der Waals surface area contributed by atoms with Crippen molar-refractivity contribution in [3.05, 3.63) is 17.1 Å². The molecule has 0 spiro atoms. The Kier molecular flexibility index (Phi) is 4.84. The van der Waals surface area contributed by atoms with Crippen LogP contribution in [0.5, 0.6) is 0 Å². The van der Waals surface area contributed by atoms with Crippen LogP contribution in [0.1, 0.15) is 44.6 Å². The van der Waals surface area contributed by atoms with E-state index in [1.165, 1.54) is 11.5 Å². The molecule has 18 heavy (non-hydrogen) atoms. The number of alkyl carbamates (subject to hydrolysis) is 1. The Morgan fingerprint density at radius 3 is 2.67 bits per heavy atom. The van der Waals surface area contributed by atoms with E-state index in [4.69, 9.17) is 4.74 Å². The normalized spacial score (nSPS) is 12.9. The molecule has 1 heterocycles. The molecule has 100 valence electrons. The number of hydrogen-bond acceptors (Lipinski definition) is 5. The molecule has 1 N–H and O–H groups in total. The highest BCUT2D eigenvalue weighted by atomic mass is 32.1. The van der Waals surface area contributed by atoms with Gasteiger partial charge >= 0.3 is 6.09 Å². The van der Waals surface area contributed by atoms with Gasteiger partial charge in [-0.2, -0.15) is 4.37 Å². The van der Waals surface area contributed by atoms with Crippen LogP contribution >= 0.6 is 11.5 Å². The molecule has 1 amide bonds. The quantitative estimate of drug-likeness (QED) is 0.854. The Balaban J connectivity index is 2.40. The van der Waals surface area contributed by atoms with Gasteiger partial charge in [0.25, 0.3) is 0 Å². The van der Waals surface area contributed by atoms with Crippen LogP contribution in [0.3, 0.4) is 0 Å². The third-order valence-corrected chi connectivity index (χ3v) is 2.54. The van der Waals surface area contributed by atoms with Crippen LogP contribution in [0.25, 0.3) is 0 Å². The van der Waals surface area contributed by atoms with Crippen molar-refractivity contribution in [3.8, 4) is 0 Å². The third kappa shape index (κ3) is 5.27. The highest BCUT2D eigenvalue weighted by Gasteiger charge is 2.19. The Morgan fingerprint density at radius 1 is 1.50 bits per heavy atom. The summed E-state index contributed by atoms with van der Waals surface area (Å²) in [4.78, 5) is 23.2. The van der Waals surface area contributed by atoms with Crippen molar-refractivity contribution >= 4 is 23.4 Å². The molecule has 1 rings (SSSR count). The van der Waals surface area contributed by atoms with Crippen molar-refractivity contribution in [2.45, 2.75) is 45.8 Å². The predicted octanol–water partition coefficient (Wildman–Crippen LogP) is 2.63. The fourth-order valence-corrected chi connectivity index (χ4v) is 1.83. The monoisotopic (exact) mass is 270 g/mol. The van der Waals surface area contributed by atoms with Crippen LogP contribution in [-0.4, -0.2) is 27.9 Å². The zero-order valence-corrected chi connectivity index (χ0v) is 11.8. The number of amides is 1. The predicted molar refractivity (Wildman–Crippen MR) is 69.9 cm³/mol. The van der Waals surface area contributed by atoms with E-state index in [1.54, 1.807) is 39.1 Å². The number of nitrogens with one attached hydrogen (secondary N) is 1. The highest BCUT2D eigenvalue weighted by molar-refractivity contribution is 7.03. The van der Waals surface area contributed by atoms with E-state index in [1.807, 2.05) is 0 Å². The summed E-state index contributed by atoms with van der Waals surface area (Å²) in [5.74, 6) is -0.0835. The van der Waals surface area contributed by atoms with Crippen LogP contribution in [0.15, 0.2) is 11.4 Å². The fourth-order valence-electron chi connectivity index (χ4n) is 1.30. The lowest BCUT2D eigenvalue weighted by Crippen LogP contribution is -2.38. The van der Waals surface area contributed by atoms with Gasteiger partial charge in [-0.05, 0) is 45.3 Å². The van der Waals surface area contributed by atoms with Gasteiger partial charge in [-0.15, -0.1) is 0 Å². The number of ketones is 1. The maximum Gasteiger partial charge on any atom is 0.407 e. The van der Waals surface area contributed by atoms with Gasteiger partial charge in [0.2, 0.25) is 0 Å². The van der Waals surface area contributed by atoms with Gasteiger partial charge in [-0.1, -0.05) is 0 Å². The molecular formula is C12H18N2O3S. The minimum atomic E-state index is -0.539. The molecule has 0 aliphatic rings. The zero-order valence-electron chi connectivity index (χ0n) is 11.0. The van der Waals surface area contributed by atoms with E-state index in [0.29, 0.717) is 5.69 Å². The summed E-state index contributed by atoms with van der Waals surface area (Å²) in [7, 11) is 0. The summed E-state index contributed by atoms with van der Waals surface area (Å²) in [5, 5.41) is 4.37. The van der Waals surface area contributed by atoms with Gasteiger partial charge in [0.15, 0.2) is 5.78 Å². The number of hydrogen-bond donors (Lipinski definition) is 1. The number of Topliss-reactive ketones (excluding diaryl/α,β-unsaturated/α-hetero) is 1. The average molecular weight is 270 g/mol. The average Bonchev–Trinajstić information content (AvgIpc) is 2.65. The van der Waals surface area contributed by atoms with Crippen LogP contribution in [0.4, 0.5) is 4.79 Å². The lowest BCUT2D eigenvalue weighted by atomic mass is 10.1. The van der Waals surface area contributed by atoms with Gasteiger partial charge in [-0.25, -0.2) is 4.79 Å². The number of rotatable bonds is 4. The summed E-state index contributed by atoms with van der Waals surface area (Å²) >= 11 is 1.23. The first-order valence-electron chi connectivity index (χ1n) is 5.71. The van der Waals surface area contributed by atoms with Gasteiger partial charge < -0.3 is 10.1 Å². The van der Waals surface area contributed by atoms with E-state index >= 15 is 0 Å². The Morgan fingerprint density at radius 2 is 2.17 bits per heavy atom. The first-order chi connectivity index (χ1) is 8.28. The Bertz CT molecular complexity index is 409. The summed E-state index contributed by atoms with van der Waals surface area (Å²) < 4.78 is 9.06. The smallest absolute Gasteiger partial charge is 0.407 e. The lowest BCUT2D eigenvalue weighted by Gasteiger charge is -2.21. The maximum absolute atomic E-state index is 11.7. The highest BCUT2D eigenvalue weighted by Crippen LogP contribution is 2.08. The largest absolute Gasteiger partial charge is 0.444 e. The molecule has 0 fully saturated rings. The van der Waals surface area contributed by atoms with Gasteiger partial charge in [0, 0.05) is 17.8 Å². The van der Waals surface area contributed by atoms with E-state index in [2.05, 4.69) is 9.69 Å². The number of carbonyl (C=O) groups excluding carboxylic acids is 2. The molecule has 0 aliphatic carbocycles. The molecule has 0 aromatic carbocycles. The number of ether oxygens (including phenoxy) is 1. The van der Waals surface area contributed by atoms with Crippen molar-refractivity contribution < 1.29 is 14.3 Å². The second kappa shape index (κ2) is 5.95. The molecule has 0 saturated carbocycles. The Labute approximate surface area is 111 Å². The second-order valence-electron chi connectivity index (χ2n) is 5.06. The SMILES string of the molecule is CC(CC(=O)c1ccsn1)NC(=O)OC(C)(C)C. The van der Waals surface area contributed by atoms with Gasteiger partial charge in [0.1, 0.15) is 11.3 Å². The summed E-state index contributed by atoms with van der Waals surface area (Å²) in [6.07, 6.45) is -0.302. The molecule has 6 heteroatoms. The van der Waals surface area contributed by atoms with E-state index in [9.17, 15) is 9.59 Å². The molecule has 1 atom stereocenters. The van der Waals surface area contributed by atoms with E-state index in [0.717, 1.165) is 0 Å². The molecule has 0 bridgehead atoms. The number of carbonyl (C=O) groups is 2. The van der Waals surface area contributed by atoms with Crippen molar-refractivity contribution in [2.24, 2.45) is 0 Å². The van der Waals surface area contributed by atoms with Crippen LogP contribution in [-0.2, 0) is 4.74 Å². The Hall–Kier alpha value is -1.43. The number of aromatic nitrogens is 1. The molecule has 0 saturated heterocycles. The molecule has 0 radical (unpaired) electrons. The van der Waals surface area contributed by atoms with Crippen molar-refractivity contribution in [2.75, 3.05) is 0 Å². The minimum Gasteiger partial charge on any atom is -0.444 e. The van der Waals surface area contributed by atoms with Crippen molar-refractivity contribution in [1.82, 2.24) is 9.69 Å². The molecular weight excluding hydrogens is 252 g/mol.